The first-order chi connectivity index (χ1) is 28.8. The van der Waals surface area contributed by atoms with Crippen molar-refractivity contribution in [3.05, 3.63) is 36.5 Å². The van der Waals surface area contributed by atoms with Gasteiger partial charge >= 0.3 is 17.9 Å². The molecule has 0 aliphatic rings. The summed E-state index contributed by atoms with van der Waals surface area (Å²) in [5.74, 6) is -1.66. The van der Waals surface area contributed by atoms with Crippen LogP contribution in [0.1, 0.15) is 157 Å². The number of nitrogens with zero attached hydrogens (tertiary/aromatic N) is 3. The standard InChI is InChI=1S/C48H89N3O9/c1-10-16-19-28-40(49(7)13-4)43(52)31-22-25-34-46(55)58-37-39(60-48(57)36-27-24-33-45(54)42(51(9)15-6)30-21-18-12-3)38-59-47(56)35-26-23-32-44(53)41(50(8)14-5)29-20-17-11-2/h22-27,39-45,52-54H,10-21,28-38H2,1-9H3/b25-22+,26-23+,27-24+. The van der Waals surface area contributed by atoms with Crippen molar-refractivity contribution in [3.8, 4) is 0 Å². The van der Waals surface area contributed by atoms with Crippen LogP contribution in [0, 0.1) is 0 Å². The molecule has 12 heteroatoms. The fourth-order valence-corrected chi connectivity index (χ4v) is 7.19. The molecule has 6 unspecified atom stereocenters. The van der Waals surface area contributed by atoms with Gasteiger partial charge in [-0.1, -0.05) is 136 Å². The lowest BCUT2D eigenvalue weighted by atomic mass is 9.99. The predicted molar refractivity (Wildman–Crippen MR) is 244 cm³/mol. The average Bonchev–Trinajstić information content (AvgIpc) is 3.24. The molecule has 0 saturated carbocycles. The van der Waals surface area contributed by atoms with Crippen molar-refractivity contribution in [2.24, 2.45) is 0 Å². The number of unbranched alkanes of at least 4 members (excludes halogenated alkanes) is 6. The molecule has 0 fully saturated rings. The number of aliphatic hydroxyl groups excluding tert-OH is 3. The number of ether oxygens (including phenoxy) is 3. The second-order valence-corrected chi connectivity index (χ2v) is 16.3. The quantitative estimate of drug-likeness (QED) is 0.0241. The Bertz CT molecular complexity index is 1120. The summed E-state index contributed by atoms with van der Waals surface area (Å²) in [6.07, 6.45) is 21.3. The van der Waals surface area contributed by atoms with E-state index >= 15 is 0 Å². The van der Waals surface area contributed by atoms with Gasteiger partial charge in [-0.2, -0.15) is 0 Å². The highest BCUT2D eigenvalue weighted by Crippen LogP contribution is 2.18. The molecular formula is C48H89N3O9. The van der Waals surface area contributed by atoms with E-state index in [9.17, 15) is 29.7 Å². The van der Waals surface area contributed by atoms with Crippen LogP contribution in [0.4, 0.5) is 0 Å². The van der Waals surface area contributed by atoms with Crippen LogP contribution < -0.4 is 0 Å². The van der Waals surface area contributed by atoms with Crippen LogP contribution in [0.3, 0.4) is 0 Å². The molecule has 60 heavy (non-hydrogen) atoms. The third-order valence-corrected chi connectivity index (χ3v) is 11.5. The Kier molecular flexibility index (Phi) is 35.4. The van der Waals surface area contributed by atoms with Gasteiger partial charge in [0.05, 0.1) is 37.6 Å². The largest absolute Gasteiger partial charge is 0.461 e. The minimum Gasteiger partial charge on any atom is -0.461 e. The van der Waals surface area contributed by atoms with Gasteiger partial charge in [0.25, 0.3) is 0 Å². The van der Waals surface area contributed by atoms with E-state index in [4.69, 9.17) is 14.2 Å². The minimum atomic E-state index is -1.02. The van der Waals surface area contributed by atoms with Crippen LogP contribution in [-0.4, -0.2) is 144 Å². The zero-order valence-electron chi connectivity index (χ0n) is 39.4. The fraction of sp³-hybridized carbons (Fsp3) is 0.812. The highest BCUT2D eigenvalue weighted by molar-refractivity contribution is 5.73. The Hall–Kier alpha value is -2.61. The molecule has 12 nitrogen and oxygen atoms in total. The van der Waals surface area contributed by atoms with E-state index < -0.39 is 42.3 Å². The van der Waals surface area contributed by atoms with Crippen molar-refractivity contribution in [1.29, 1.82) is 0 Å². The van der Waals surface area contributed by atoms with E-state index in [1.54, 1.807) is 36.5 Å². The van der Waals surface area contributed by atoms with Crippen LogP contribution in [0.2, 0.25) is 0 Å². The second-order valence-electron chi connectivity index (χ2n) is 16.3. The zero-order valence-corrected chi connectivity index (χ0v) is 39.4. The number of hydrogen-bond acceptors (Lipinski definition) is 12. The maximum atomic E-state index is 12.9. The number of hydrogen-bond donors (Lipinski definition) is 3. The van der Waals surface area contributed by atoms with Crippen molar-refractivity contribution in [2.75, 3.05) is 54.0 Å². The summed E-state index contributed by atoms with van der Waals surface area (Å²) in [6, 6.07) is 0.0974. The third-order valence-electron chi connectivity index (χ3n) is 11.5. The van der Waals surface area contributed by atoms with Gasteiger partial charge in [-0.05, 0) is 79.3 Å². The van der Waals surface area contributed by atoms with Crippen molar-refractivity contribution in [1.82, 2.24) is 14.7 Å². The Morgan fingerprint density at radius 1 is 0.467 bits per heavy atom. The van der Waals surface area contributed by atoms with Crippen molar-refractivity contribution in [3.63, 3.8) is 0 Å². The monoisotopic (exact) mass is 852 g/mol. The Morgan fingerprint density at radius 3 is 1.05 bits per heavy atom. The van der Waals surface area contributed by atoms with E-state index in [2.05, 4.69) is 56.2 Å². The van der Waals surface area contributed by atoms with Crippen LogP contribution in [0.15, 0.2) is 36.5 Å². The van der Waals surface area contributed by atoms with E-state index in [1.807, 2.05) is 21.1 Å². The molecular weight excluding hydrogens is 763 g/mol. The summed E-state index contributed by atoms with van der Waals surface area (Å²) < 4.78 is 16.5. The first kappa shape index (κ1) is 57.4. The Balaban J connectivity index is 5.45. The highest BCUT2D eigenvalue weighted by atomic mass is 16.6. The summed E-state index contributed by atoms with van der Waals surface area (Å²) in [7, 11) is 6.04. The summed E-state index contributed by atoms with van der Waals surface area (Å²) in [4.78, 5) is 44.8. The van der Waals surface area contributed by atoms with Gasteiger partial charge in [0.2, 0.25) is 0 Å². The SMILES string of the molecule is CCCCCC(C(O)C/C=C/CC(=O)OCC(COC(=O)C/C=C/CC(O)C(CCCCC)N(C)CC)OC(=O)C/C=C/CC(O)C(CCCCC)N(C)CC)N(C)CC. The summed E-state index contributed by atoms with van der Waals surface area (Å²) in [5, 5.41) is 32.7. The molecule has 0 bridgehead atoms. The maximum absolute atomic E-state index is 12.9. The third kappa shape index (κ3) is 27.4. The molecule has 0 heterocycles. The molecule has 0 aromatic heterocycles. The van der Waals surface area contributed by atoms with Gasteiger partial charge in [0.1, 0.15) is 13.2 Å². The summed E-state index contributed by atoms with van der Waals surface area (Å²) in [5.41, 5.74) is 0. The predicted octanol–water partition coefficient (Wildman–Crippen LogP) is 7.78. The molecule has 3 N–H and O–H groups in total. The van der Waals surface area contributed by atoms with Gasteiger partial charge < -0.3 is 44.2 Å². The molecule has 350 valence electrons. The van der Waals surface area contributed by atoms with Gasteiger partial charge in [-0.25, -0.2) is 0 Å². The van der Waals surface area contributed by atoms with Crippen molar-refractivity contribution >= 4 is 17.9 Å². The fourth-order valence-electron chi connectivity index (χ4n) is 7.19. The number of carbonyl (C=O) groups excluding carboxylic acids is 3. The van der Waals surface area contributed by atoms with E-state index in [-0.39, 0.29) is 50.6 Å². The number of likely N-dealkylation sites (N-methyl/N-ethyl adjacent to an activating group) is 3. The maximum Gasteiger partial charge on any atom is 0.310 e. The molecule has 0 aliphatic carbocycles. The Morgan fingerprint density at radius 2 is 0.767 bits per heavy atom. The summed E-state index contributed by atoms with van der Waals surface area (Å²) >= 11 is 0. The second kappa shape index (κ2) is 37.0. The highest BCUT2D eigenvalue weighted by Gasteiger charge is 2.24. The zero-order chi connectivity index (χ0) is 45.1. The van der Waals surface area contributed by atoms with Gasteiger partial charge in [-0.15, -0.1) is 0 Å². The molecule has 0 saturated heterocycles. The first-order valence-corrected chi connectivity index (χ1v) is 23.4. The van der Waals surface area contributed by atoms with Gasteiger partial charge in [-0.3, -0.25) is 14.4 Å². The lowest BCUT2D eigenvalue weighted by Crippen LogP contribution is -2.41. The van der Waals surface area contributed by atoms with Crippen molar-refractivity contribution < 1.29 is 43.9 Å². The molecule has 0 spiro atoms. The minimum absolute atomic E-state index is 0.0252. The molecule has 0 aromatic carbocycles. The van der Waals surface area contributed by atoms with Crippen LogP contribution in [-0.2, 0) is 28.6 Å². The van der Waals surface area contributed by atoms with E-state index in [0.29, 0.717) is 19.3 Å². The molecule has 0 radical (unpaired) electrons. The smallest absolute Gasteiger partial charge is 0.310 e. The average molecular weight is 852 g/mol. The number of esters is 3. The number of aliphatic hydroxyl groups is 3. The first-order valence-electron chi connectivity index (χ1n) is 23.4. The van der Waals surface area contributed by atoms with Crippen LogP contribution in [0.25, 0.3) is 0 Å². The Labute approximate surface area is 365 Å². The summed E-state index contributed by atoms with van der Waals surface area (Å²) in [6.45, 7) is 14.6. The van der Waals surface area contributed by atoms with Gasteiger partial charge in [0.15, 0.2) is 6.10 Å². The van der Waals surface area contributed by atoms with Crippen LogP contribution in [0.5, 0.6) is 0 Å². The van der Waals surface area contributed by atoms with Gasteiger partial charge in [0, 0.05) is 18.1 Å². The molecule has 0 aromatic rings. The molecule has 0 amide bonds. The van der Waals surface area contributed by atoms with E-state index in [1.165, 1.54) is 0 Å². The molecule has 0 rings (SSSR count). The van der Waals surface area contributed by atoms with Crippen molar-refractivity contribution in [2.45, 2.75) is 200 Å². The van der Waals surface area contributed by atoms with E-state index in [0.717, 1.165) is 96.7 Å². The molecule has 0 aliphatic heterocycles. The normalized spacial score (nSPS) is 15.8. The number of carbonyl (C=O) groups is 3. The number of rotatable bonds is 38. The lowest BCUT2D eigenvalue weighted by Gasteiger charge is -2.30. The molecule has 6 atom stereocenters. The van der Waals surface area contributed by atoms with Crippen LogP contribution >= 0.6 is 0 Å². The topological polar surface area (TPSA) is 149 Å². The lowest BCUT2D eigenvalue weighted by molar-refractivity contribution is -0.165.